The second-order valence-electron chi connectivity index (χ2n) is 27.7. The number of hydrogen-bond donors (Lipinski definition) is 12. The van der Waals surface area contributed by atoms with E-state index in [-0.39, 0.29) is 288 Å². The summed E-state index contributed by atoms with van der Waals surface area (Å²) in [5.41, 5.74) is 10.9. The minimum absolute atomic E-state index is 0.00375. The minimum Gasteiger partial charge on any atom is -0.493 e. The number of nitrogens with one attached hydrogen (secondary N) is 12. The normalized spacial score (nSPS) is 12.0. The maximum atomic E-state index is 13.4. The van der Waals surface area contributed by atoms with E-state index in [0.717, 1.165) is 0 Å². The molecule has 0 aliphatic rings. The predicted molar refractivity (Wildman–Crippen MR) is 447 cm³/mol. The lowest BCUT2D eigenvalue weighted by Crippen LogP contribution is -2.42. The van der Waals surface area contributed by atoms with Gasteiger partial charge in [-0.15, -0.1) is 0 Å². The Balaban J connectivity index is 1.37. The van der Waals surface area contributed by atoms with E-state index in [0.29, 0.717) is 22.3 Å². The minimum atomic E-state index is -0.649. The van der Waals surface area contributed by atoms with Crippen molar-refractivity contribution in [3.05, 3.63) is 111 Å². The van der Waals surface area contributed by atoms with Crippen molar-refractivity contribution in [3.63, 3.8) is 0 Å². The van der Waals surface area contributed by atoms with Crippen molar-refractivity contribution in [2.24, 2.45) is 0 Å². The molecule has 4 unspecified atom stereocenters. The van der Waals surface area contributed by atoms with Crippen molar-refractivity contribution in [1.82, 2.24) is 74.3 Å². The molecule has 4 aromatic rings. The number of nitrogens with zero attached hydrogens (tertiary/aromatic N) is 6. The summed E-state index contributed by atoms with van der Waals surface area (Å²) in [5, 5.41) is 70.3. The van der Waals surface area contributed by atoms with Gasteiger partial charge >= 0.3 is 23.9 Å². The molecule has 0 aliphatic carbocycles. The number of carbonyl (C=O) groups is 8. The number of nitro benzene ring substituents is 4. The Bertz CT molecular complexity index is 3610. The first-order chi connectivity index (χ1) is 59.4. The monoisotopic (exact) mass is 1760 g/mol. The zero-order valence-electron chi connectivity index (χ0n) is 72.3. The van der Waals surface area contributed by atoms with Crippen LogP contribution in [0.3, 0.4) is 0 Å². The first-order valence-electron chi connectivity index (χ1n) is 40.3. The van der Waals surface area contributed by atoms with Gasteiger partial charge in [0.1, 0.15) is 0 Å². The zero-order chi connectivity index (χ0) is 91.5. The number of hydroxylamine groups is 4. The molecular weight excluding hydrogens is 1640 g/mol. The van der Waals surface area contributed by atoms with E-state index in [2.05, 4.69) is 64.5 Å². The second-order valence-corrected chi connectivity index (χ2v) is 27.7. The van der Waals surface area contributed by atoms with Gasteiger partial charge in [0, 0.05) is 141 Å². The van der Waals surface area contributed by atoms with Crippen LogP contribution >= 0.6 is 0 Å². The molecule has 4 amide bonds. The van der Waals surface area contributed by atoms with Gasteiger partial charge in [-0.25, -0.2) is 0 Å². The lowest BCUT2D eigenvalue weighted by Gasteiger charge is -2.27. The van der Waals surface area contributed by atoms with Gasteiger partial charge in [0.05, 0.1) is 147 Å². The smallest absolute Gasteiger partial charge is 0.324 e. The highest BCUT2D eigenvalue weighted by Crippen LogP contribution is 2.42. The van der Waals surface area contributed by atoms with Crippen molar-refractivity contribution in [2.75, 3.05) is 175 Å². The highest BCUT2D eigenvalue weighted by Gasteiger charge is 2.29. The van der Waals surface area contributed by atoms with Gasteiger partial charge in [0.15, 0.2) is 46.0 Å². The third kappa shape index (κ3) is 38.3. The molecule has 0 aromatic heterocycles. The van der Waals surface area contributed by atoms with Crippen molar-refractivity contribution in [2.45, 2.75) is 129 Å². The van der Waals surface area contributed by atoms with Crippen molar-refractivity contribution in [1.29, 1.82) is 0 Å². The van der Waals surface area contributed by atoms with Gasteiger partial charge < -0.3 is 110 Å². The average Bonchev–Trinajstić information content (AvgIpc) is 0.826. The molecule has 4 rings (SSSR count). The van der Waals surface area contributed by atoms with E-state index in [9.17, 15) is 78.8 Å². The van der Waals surface area contributed by atoms with Crippen LogP contribution in [-0.2, 0) is 57.7 Å². The number of rotatable bonds is 67. The second kappa shape index (κ2) is 58.3. The summed E-state index contributed by atoms with van der Waals surface area (Å²) in [6.07, 6.45) is -0.0541. The van der Waals surface area contributed by atoms with Crippen LogP contribution < -0.4 is 102 Å². The first kappa shape index (κ1) is 105. The fourth-order valence-corrected chi connectivity index (χ4v) is 11.7. The third-order valence-corrected chi connectivity index (χ3v) is 19.1. The quantitative estimate of drug-likeness (QED) is 0.0128. The predicted octanol–water partition coefficient (Wildman–Crippen LogP) is 4.03. The van der Waals surface area contributed by atoms with Crippen LogP contribution in [-0.4, -0.2) is 252 Å². The number of amides is 4. The summed E-state index contributed by atoms with van der Waals surface area (Å²) in [6.45, 7) is 7.88. The SMILES string of the molecule is CNC(C)c1cc(OC)c(OCCCC(=O)ONCCNC(=O)CCN(CCC(=O)NCCNOC(=O)CCCOc2cc([N+](=O)[O-])c(C(C)NC)cc2OC)CCN(CCC(=O)NCCNOC(=O)CCCOc2cc([N+](=O)[O-])c(C(C)NC)cc2OC)CCC(=O)NCCNOC(=O)CCCOc2cc([N+](=O)[O-])c(C(C)NC)cc2OC)cc1[N+](=O)[O-]. The summed E-state index contributed by atoms with van der Waals surface area (Å²) < 4.78 is 44.6. The first-order valence-corrected chi connectivity index (χ1v) is 40.3. The van der Waals surface area contributed by atoms with Crippen LogP contribution in [0.4, 0.5) is 22.7 Å². The van der Waals surface area contributed by atoms with Crippen LogP contribution in [0.1, 0.15) is 151 Å². The number of methoxy groups -OCH3 is 4. The molecule has 46 heteroatoms. The highest BCUT2D eigenvalue weighted by molar-refractivity contribution is 5.78. The molecule has 0 radical (unpaired) electrons. The number of benzene rings is 4. The Morgan fingerprint density at radius 2 is 0.508 bits per heavy atom. The number of carbonyl (C=O) groups excluding carboxylic acids is 8. The Hall–Kier alpha value is -11.8. The van der Waals surface area contributed by atoms with E-state index in [1.807, 2.05) is 9.80 Å². The van der Waals surface area contributed by atoms with Crippen LogP contribution in [0, 0.1) is 40.5 Å². The lowest BCUT2D eigenvalue weighted by molar-refractivity contribution is -0.386. The van der Waals surface area contributed by atoms with E-state index in [1.54, 1.807) is 55.9 Å². The molecule has 0 aliphatic heterocycles. The van der Waals surface area contributed by atoms with Gasteiger partial charge in [-0.3, -0.25) is 78.8 Å². The van der Waals surface area contributed by atoms with Crippen LogP contribution in [0.25, 0.3) is 0 Å². The standard InChI is InChI=1S/C78H120N18O28/c1-51(79-5)55-43-63(113-9)67(47-59(55)93(105)106)117-39-13-17-75(101)121-87-29-25-83-71(97)21-33-91(34-22-72(98)84-26-30-88-122-76(102)18-14-40-118-68-48-60(94(107)108)56(52(2)80-6)44-64(68)114-10)37-38-92(35-23-73(99)85-27-31-89-123-77(103)19-15-41-119-69-49-61(95(109)110)57(53(3)81-7)45-65(69)115-11)36-24-74(100)86-28-32-90-124-78(104)20-16-42-120-70-50-62(96(111)112)58(54(4)82-8)46-66(70)116-12/h43-54,79-82,87-90H,13-42H2,1-12H3,(H,83,97)(H,84,98)(H,85,99)(H,86,100). The molecule has 0 saturated carbocycles. The average molecular weight is 1760 g/mol. The van der Waals surface area contributed by atoms with Gasteiger partial charge in [0.2, 0.25) is 23.6 Å². The maximum Gasteiger partial charge on any atom is 0.324 e. The molecule has 0 bridgehead atoms. The topological polar surface area (TPSA) is 571 Å². The van der Waals surface area contributed by atoms with Gasteiger partial charge in [-0.1, -0.05) is 0 Å². The fourth-order valence-electron chi connectivity index (χ4n) is 11.7. The fraction of sp³-hybridized carbons (Fsp3) is 0.590. The Morgan fingerprint density at radius 1 is 0.306 bits per heavy atom. The zero-order valence-corrected chi connectivity index (χ0v) is 72.3. The molecule has 0 spiro atoms. The third-order valence-electron chi connectivity index (χ3n) is 19.1. The van der Waals surface area contributed by atoms with Crippen molar-refractivity contribution < 1.29 is 115 Å². The van der Waals surface area contributed by atoms with E-state index < -0.39 is 67.2 Å². The maximum absolute atomic E-state index is 13.4. The van der Waals surface area contributed by atoms with Crippen molar-refractivity contribution in [3.8, 4) is 46.0 Å². The molecule has 4 aromatic carbocycles. The number of ether oxygens (including phenoxy) is 8. The Kier molecular flexibility index (Phi) is 49.2. The summed E-state index contributed by atoms with van der Waals surface area (Å²) in [4.78, 5) is 173. The van der Waals surface area contributed by atoms with Gasteiger partial charge in [-0.2, -0.15) is 21.9 Å². The van der Waals surface area contributed by atoms with E-state index >= 15 is 0 Å². The van der Waals surface area contributed by atoms with E-state index in [1.165, 1.54) is 77.0 Å². The summed E-state index contributed by atoms with van der Waals surface area (Å²) in [6, 6.07) is 9.65. The van der Waals surface area contributed by atoms with Crippen molar-refractivity contribution >= 4 is 70.3 Å². The Morgan fingerprint density at radius 3 is 0.685 bits per heavy atom. The molecular formula is C78H120N18O28. The molecule has 0 heterocycles. The molecule has 12 N–H and O–H groups in total. The summed E-state index contributed by atoms with van der Waals surface area (Å²) >= 11 is 0. The summed E-state index contributed by atoms with van der Waals surface area (Å²) in [7, 11) is 12.2. The number of hydrogen-bond acceptors (Lipinski definition) is 38. The molecule has 124 heavy (non-hydrogen) atoms. The van der Waals surface area contributed by atoms with Crippen LogP contribution in [0.5, 0.6) is 46.0 Å². The highest BCUT2D eigenvalue weighted by atomic mass is 16.7. The lowest BCUT2D eigenvalue weighted by atomic mass is 10.1. The molecule has 4 atom stereocenters. The van der Waals surface area contributed by atoms with E-state index in [4.69, 9.17) is 57.2 Å². The molecule has 690 valence electrons. The number of nitro groups is 4. The Labute approximate surface area is 718 Å². The molecule has 0 saturated heterocycles. The largest absolute Gasteiger partial charge is 0.493 e. The molecule has 0 fully saturated rings. The van der Waals surface area contributed by atoms with Crippen LogP contribution in [0.15, 0.2) is 48.5 Å². The van der Waals surface area contributed by atoms with Gasteiger partial charge in [-0.05, 0) is 106 Å². The van der Waals surface area contributed by atoms with Gasteiger partial charge in [0.25, 0.3) is 22.7 Å². The molecule has 46 nitrogen and oxygen atoms in total. The summed E-state index contributed by atoms with van der Waals surface area (Å²) in [5.74, 6) is -2.70. The van der Waals surface area contributed by atoms with Crippen LogP contribution in [0.2, 0.25) is 0 Å².